The molecule has 0 aromatic carbocycles. The fraction of sp³-hybridized carbons (Fsp3) is 0.636. The summed E-state index contributed by atoms with van der Waals surface area (Å²) in [6.07, 6.45) is -4.06. The number of ether oxygens (including phenoxy) is 1. The van der Waals surface area contributed by atoms with Crippen molar-refractivity contribution in [2.45, 2.75) is 19.0 Å². The van der Waals surface area contributed by atoms with Crippen LogP contribution >= 0.6 is 11.3 Å². The lowest BCUT2D eigenvalue weighted by molar-refractivity contribution is -0.145. The molecule has 0 aliphatic heterocycles. The number of rotatable bonds is 8. The molecule has 1 N–H and O–H groups in total. The molecule has 6 heteroatoms. The zero-order valence-corrected chi connectivity index (χ0v) is 10.2. The van der Waals surface area contributed by atoms with Crippen LogP contribution in [0.2, 0.25) is 0 Å². The van der Waals surface area contributed by atoms with Gasteiger partial charge in [0.2, 0.25) is 0 Å². The van der Waals surface area contributed by atoms with Gasteiger partial charge in [-0.05, 0) is 35.4 Å². The molecule has 0 saturated heterocycles. The van der Waals surface area contributed by atoms with Crippen molar-refractivity contribution in [1.29, 1.82) is 0 Å². The second-order valence-electron chi connectivity index (χ2n) is 3.61. The van der Waals surface area contributed by atoms with Crippen molar-refractivity contribution in [1.82, 2.24) is 5.32 Å². The van der Waals surface area contributed by atoms with Gasteiger partial charge in [0, 0.05) is 6.54 Å². The lowest BCUT2D eigenvalue weighted by Gasteiger charge is -2.07. The minimum absolute atomic E-state index is 0.254. The molecular formula is C11H16F3NOS. The molecule has 0 aliphatic carbocycles. The van der Waals surface area contributed by atoms with Gasteiger partial charge < -0.3 is 10.1 Å². The highest BCUT2D eigenvalue weighted by atomic mass is 32.1. The minimum atomic E-state index is -4.12. The molecule has 1 aromatic heterocycles. The summed E-state index contributed by atoms with van der Waals surface area (Å²) >= 11 is 1.66. The third kappa shape index (κ3) is 8.18. The summed E-state index contributed by atoms with van der Waals surface area (Å²) in [4.78, 5) is 0. The fourth-order valence-electron chi connectivity index (χ4n) is 1.23. The SMILES string of the molecule is FC(F)(F)CCOCCNCCc1ccsc1. The van der Waals surface area contributed by atoms with Crippen LogP contribution in [-0.4, -0.2) is 32.5 Å². The first-order valence-electron chi connectivity index (χ1n) is 5.44. The monoisotopic (exact) mass is 267 g/mol. The lowest BCUT2D eigenvalue weighted by atomic mass is 10.2. The molecule has 0 aliphatic rings. The second-order valence-corrected chi connectivity index (χ2v) is 4.39. The zero-order chi connectivity index (χ0) is 12.6. The third-order valence-corrected chi connectivity index (χ3v) is 2.86. The molecule has 1 rings (SSSR count). The largest absolute Gasteiger partial charge is 0.391 e. The molecule has 0 spiro atoms. The average molecular weight is 267 g/mol. The van der Waals surface area contributed by atoms with Crippen LogP contribution in [-0.2, 0) is 11.2 Å². The van der Waals surface area contributed by atoms with Crippen LogP contribution in [0.15, 0.2) is 16.8 Å². The predicted octanol–water partition coefficient (Wildman–Crippen LogP) is 2.85. The van der Waals surface area contributed by atoms with Gasteiger partial charge in [-0.15, -0.1) is 0 Å². The van der Waals surface area contributed by atoms with E-state index in [2.05, 4.69) is 16.8 Å². The van der Waals surface area contributed by atoms with Crippen LogP contribution in [0, 0.1) is 0 Å². The van der Waals surface area contributed by atoms with E-state index in [-0.39, 0.29) is 6.61 Å². The molecule has 0 bridgehead atoms. The van der Waals surface area contributed by atoms with Crippen LogP contribution in [0.25, 0.3) is 0 Å². The molecular weight excluding hydrogens is 251 g/mol. The van der Waals surface area contributed by atoms with E-state index >= 15 is 0 Å². The van der Waals surface area contributed by atoms with E-state index in [1.807, 2.05) is 5.38 Å². The van der Waals surface area contributed by atoms with Crippen LogP contribution in [0.1, 0.15) is 12.0 Å². The van der Waals surface area contributed by atoms with Crippen molar-refractivity contribution in [2.24, 2.45) is 0 Å². The molecule has 0 unspecified atom stereocenters. The maximum atomic E-state index is 11.7. The summed E-state index contributed by atoms with van der Waals surface area (Å²) in [5, 5.41) is 7.23. The van der Waals surface area contributed by atoms with E-state index in [0.717, 1.165) is 13.0 Å². The van der Waals surface area contributed by atoms with Crippen LogP contribution < -0.4 is 5.32 Å². The highest BCUT2D eigenvalue weighted by molar-refractivity contribution is 7.07. The summed E-state index contributed by atoms with van der Waals surface area (Å²) in [5.74, 6) is 0. The van der Waals surface area contributed by atoms with Crippen molar-refractivity contribution < 1.29 is 17.9 Å². The molecule has 0 radical (unpaired) electrons. The van der Waals surface area contributed by atoms with Gasteiger partial charge >= 0.3 is 6.18 Å². The topological polar surface area (TPSA) is 21.3 Å². The Kier molecular flexibility index (Phi) is 6.54. The quantitative estimate of drug-likeness (QED) is 0.731. The normalized spacial score (nSPS) is 11.9. The second kappa shape index (κ2) is 7.68. The summed E-state index contributed by atoms with van der Waals surface area (Å²) < 4.78 is 40.1. The zero-order valence-electron chi connectivity index (χ0n) is 9.43. The van der Waals surface area contributed by atoms with Gasteiger partial charge in [-0.25, -0.2) is 0 Å². The van der Waals surface area contributed by atoms with Crippen LogP contribution in [0.4, 0.5) is 13.2 Å². The maximum absolute atomic E-state index is 11.7. The van der Waals surface area contributed by atoms with E-state index in [9.17, 15) is 13.2 Å². The van der Waals surface area contributed by atoms with Gasteiger partial charge in [0.25, 0.3) is 0 Å². The van der Waals surface area contributed by atoms with Crippen molar-refractivity contribution in [3.63, 3.8) is 0 Å². The van der Waals surface area contributed by atoms with Crippen molar-refractivity contribution in [2.75, 3.05) is 26.3 Å². The summed E-state index contributed by atoms with van der Waals surface area (Å²) in [6.45, 7) is 1.47. The van der Waals surface area contributed by atoms with E-state index in [1.54, 1.807) is 11.3 Å². The van der Waals surface area contributed by atoms with Gasteiger partial charge in [-0.3, -0.25) is 0 Å². The minimum Gasteiger partial charge on any atom is -0.380 e. The van der Waals surface area contributed by atoms with Gasteiger partial charge in [-0.2, -0.15) is 24.5 Å². The van der Waals surface area contributed by atoms with Gasteiger partial charge in [0.05, 0.1) is 19.6 Å². The molecule has 0 fully saturated rings. The Morgan fingerprint density at radius 1 is 1.24 bits per heavy atom. The Morgan fingerprint density at radius 3 is 2.71 bits per heavy atom. The van der Waals surface area contributed by atoms with Crippen molar-refractivity contribution in [3.05, 3.63) is 22.4 Å². The number of hydrogen-bond donors (Lipinski definition) is 1. The first-order chi connectivity index (χ1) is 8.08. The number of alkyl halides is 3. The number of nitrogens with one attached hydrogen (secondary N) is 1. The Morgan fingerprint density at radius 2 is 2.06 bits per heavy atom. The molecule has 0 saturated carbocycles. The van der Waals surface area contributed by atoms with Gasteiger partial charge in [-0.1, -0.05) is 0 Å². The Bertz CT molecular complexity index is 287. The van der Waals surface area contributed by atoms with E-state index in [4.69, 9.17) is 4.74 Å². The summed E-state index contributed by atoms with van der Waals surface area (Å²) in [7, 11) is 0. The predicted molar refractivity (Wildman–Crippen MR) is 62.4 cm³/mol. The highest BCUT2D eigenvalue weighted by Gasteiger charge is 2.26. The fourth-order valence-corrected chi connectivity index (χ4v) is 1.93. The van der Waals surface area contributed by atoms with E-state index in [1.165, 1.54) is 5.56 Å². The first kappa shape index (κ1) is 14.5. The number of halogens is 3. The smallest absolute Gasteiger partial charge is 0.380 e. The lowest BCUT2D eigenvalue weighted by Crippen LogP contribution is -2.23. The van der Waals surface area contributed by atoms with Gasteiger partial charge in [0.1, 0.15) is 0 Å². The molecule has 98 valence electrons. The summed E-state index contributed by atoms with van der Waals surface area (Å²) in [5.41, 5.74) is 1.28. The molecule has 0 amide bonds. The number of hydrogen-bond acceptors (Lipinski definition) is 3. The van der Waals surface area contributed by atoms with Gasteiger partial charge in [0.15, 0.2) is 0 Å². The Balaban J connectivity index is 1.85. The molecule has 17 heavy (non-hydrogen) atoms. The van der Waals surface area contributed by atoms with Crippen molar-refractivity contribution in [3.8, 4) is 0 Å². The third-order valence-electron chi connectivity index (χ3n) is 2.12. The molecule has 0 atom stereocenters. The Hall–Kier alpha value is -0.590. The van der Waals surface area contributed by atoms with Crippen LogP contribution in [0.3, 0.4) is 0 Å². The number of thiophene rings is 1. The van der Waals surface area contributed by atoms with E-state index < -0.39 is 12.6 Å². The van der Waals surface area contributed by atoms with Crippen LogP contribution in [0.5, 0.6) is 0 Å². The molecule has 2 nitrogen and oxygen atoms in total. The highest BCUT2D eigenvalue weighted by Crippen LogP contribution is 2.18. The van der Waals surface area contributed by atoms with Crippen molar-refractivity contribution >= 4 is 11.3 Å². The molecule has 1 aromatic rings. The molecule has 1 heterocycles. The first-order valence-corrected chi connectivity index (χ1v) is 6.38. The summed E-state index contributed by atoms with van der Waals surface area (Å²) in [6, 6.07) is 2.06. The Labute approximate surface area is 103 Å². The maximum Gasteiger partial charge on any atom is 0.391 e. The standard InChI is InChI=1S/C11H16F3NOS/c12-11(13,14)3-6-16-7-5-15-4-1-10-2-8-17-9-10/h2,8-9,15H,1,3-7H2. The van der Waals surface area contributed by atoms with E-state index in [0.29, 0.717) is 13.2 Å². The average Bonchev–Trinajstić information content (AvgIpc) is 2.73.